The zero-order valence-electron chi connectivity index (χ0n) is 7.76. The van der Waals surface area contributed by atoms with Crippen molar-refractivity contribution < 1.29 is 19.2 Å². The summed E-state index contributed by atoms with van der Waals surface area (Å²) >= 11 is 4.30. The Morgan fingerprint density at radius 3 is 2.53 bits per heavy atom. The molecule has 0 radical (unpaired) electrons. The maximum absolute atomic E-state index is 11.1. The van der Waals surface area contributed by atoms with E-state index in [1.54, 1.807) is 5.32 Å². The van der Waals surface area contributed by atoms with E-state index >= 15 is 0 Å². The van der Waals surface area contributed by atoms with Gasteiger partial charge in [-0.15, -0.1) is 0 Å². The molecule has 1 unspecified atom stereocenters. The van der Waals surface area contributed by atoms with Crippen molar-refractivity contribution in [1.29, 1.82) is 0 Å². The summed E-state index contributed by atoms with van der Waals surface area (Å²) in [6.07, 6.45) is 0. The number of hydrogen-bond donors (Lipinski definition) is 2. The average molecular weight is 235 g/mol. The van der Waals surface area contributed by atoms with Crippen LogP contribution in [0, 0.1) is 10.1 Å². The Morgan fingerprint density at radius 1 is 1.67 bits per heavy atom. The number of esters is 1. The van der Waals surface area contributed by atoms with E-state index < -0.39 is 28.0 Å². The Hall–Kier alpha value is -1.77. The molecule has 0 aliphatic rings. The van der Waals surface area contributed by atoms with E-state index in [0.29, 0.717) is 0 Å². The molecule has 0 aromatic heterocycles. The number of nitrogens with two attached hydrogens (primary N) is 1. The minimum Gasteiger partial charge on any atom is -0.460 e. The number of nitro groups is 1. The lowest BCUT2D eigenvalue weighted by molar-refractivity contribution is -0.496. The lowest BCUT2D eigenvalue weighted by Gasteiger charge is -2.07. The van der Waals surface area contributed by atoms with E-state index in [2.05, 4.69) is 17.0 Å². The van der Waals surface area contributed by atoms with Gasteiger partial charge >= 0.3 is 17.9 Å². The number of hydrogen-bond acceptors (Lipinski definition) is 6. The smallest absolute Gasteiger partial charge is 0.392 e. The zero-order valence-corrected chi connectivity index (χ0v) is 8.58. The molecule has 15 heavy (non-hydrogen) atoms. The molecule has 0 heterocycles. The molecular formula is C6H9N3O5S. The molecule has 3 N–H and O–H groups in total. The second-order valence-corrected chi connectivity index (χ2v) is 2.73. The van der Waals surface area contributed by atoms with Crippen LogP contribution >= 0.6 is 12.2 Å². The molecule has 0 aliphatic carbocycles. The molecule has 0 spiro atoms. The number of nitrogens with one attached hydrogen (secondary N) is 1. The number of ether oxygens (including phenoxy) is 1. The highest BCUT2D eigenvalue weighted by molar-refractivity contribution is 7.80. The molecule has 0 bridgehead atoms. The molecular weight excluding hydrogens is 226 g/mol. The first-order valence-corrected chi connectivity index (χ1v) is 4.21. The predicted octanol–water partition coefficient (Wildman–Crippen LogP) is -1.45. The van der Waals surface area contributed by atoms with E-state index in [0.717, 1.165) is 0 Å². The Kier molecular flexibility index (Phi) is 5.16. The summed E-state index contributed by atoms with van der Waals surface area (Å²) in [7, 11) is 0. The van der Waals surface area contributed by atoms with E-state index in [1.807, 2.05) is 0 Å². The van der Waals surface area contributed by atoms with Gasteiger partial charge in [-0.3, -0.25) is 20.2 Å². The SMILES string of the molecule is CCOC(=O)C(C(=O)NC(N)=S)[N+](=O)[O-]. The van der Waals surface area contributed by atoms with Crippen molar-refractivity contribution in [3.05, 3.63) is 10.1 Å². The van der Waals surface area contributed by atoms with Crippen LogP contribution in [0.15, 0.2) is 0 Å². The molecule has 0 saturated carbocycles. The second kappa shape index (κ2) is 5.86. The fourth-order valence-electron chi connectivity index (χ4n) is 0.700. The van der Waals surface area contributed by atoms with Gasteiger partial charge in [0.2, 0.25) is 0 Å². The summed E-state index contributed by atoms with van der Waals surface area (Å²) in [5.41, 5.74) is 4.93. The van der Waals surface area contributed by atoms with Crippen LogP contribution in [0.25, 0.3) is 0 Å². The van der Waals surface area contributed by atoms with Crippen LogP contribution < -0.4 is 11.1 Å². The molecule has 0 rings (SSSR count). The highest BCUT2D eigenvalue weighted by atomic mass is 32.1. The third-order valence-electron chi connectivity index (χ3n) is 1.22. The van der Waals surface area contributed by atoms with Crippen molar-refractivity contribution in [2.75, 3.05) is 6.61 Å². The molecule has 9 heteroatoms. The third-order valence-corrected chi connectivity index (χ3v) is 1.32. The third kappa shape index (κ3) is 4.31. The largest absolute Gasteiger partial charge is 0.460 e. The summed E-state index contributed by atoms with van der Waals surface area (Å²) in [5, 5.41) is 11.7. The fraction of sp³-hybridized carbons (Fsp3) is 0.500. The monoisotopic (exact) mass is 235 g/mol. The topological polar surface area (TPSA) is 125 Å². The zero-order chi connectivity index (χ0) is 12.0. The van der Waals surface area contributed by atoms with Gasteiger partial charge in [0.05, 0.1) is 6.61 Å². The van der Waals surface area contributed by atoms with Gasteiger partial charge in [0, 0.05) is 4.92 Å². The lowest BCUT2D eigenvalue weighted by atomic mass is 10.3. The number of carbonyl (C=O) groups excluding carboxylic acids is 2. The maximum atomic E-state index is 11.1. The van der Waals surface area contributed by atoms with E-state index in [9.17, 15) is 19.7 Å². The minimum absolute atomic E-state index is 0.0659. The first-order chi connectivity index (χ1) is 6.90. The normalized spacial score (nSPS) is 11.3. The van der Waals surface area contributed by atoms with Crippen molar-refractivity contribution in [3.8, 4) is 0 Å². The number of amides is 1. The summed E-state index contributed by atoms with van der Waals surface area (Å²) in [4.78, 5) is 31.4. The van der Waals surface area contributed by atoms with Crippen LogP contribution in [-0.4, -0.2) is 34.6 Å². The van der Waals surface area contributed by atoms with Crippen LogP contribution in [0.5, 0.6) is 0 Å². The first kappa shape index (κ1) is 13.2. The van der Waals surface area contributed by atoms with E-state index in [4.69, 9.17) is 5.73 Å². The maximum Gasteiger partial charge on any atom is 0.392 e. The van der Waals surface area contributed by atoms with Crippen LogP contribution in [0.2, 0.25) is 0 Å². The Morgan fingerprint density at radius 2 is 2.20 bits per heavy atom. The van der Waals surface area contributed by atoms with Crippen LogP contribution in [0.3, 0.4) is 0 Å². The molecule has 0 aromatic rings. The molecule has 0 aliphatic heterocycles. The Bertz CT molecular complexity index is 305. The molecule has 0 aromatic carbocycles. The van der Waals surface area contributed by atoms with Gasteiger partial charge in [-0.2, -0.15) is 0 Å². The summed E-state index contributed by atoms with van der Waals surface area (Å²) in [5.74, 6) is -2.47. The molecule has 84 valence electrons. The van der Waals surface area contributed by atoms with Gasteiger partial charge in [0.15, 0.2) is 5.11 Å². The molecule has 0 saturated heterocycles. The van der Waals surface area contributed by atoms with E-state index in [-0.39, 0.29) is 6.61 Å². The quantitative estimate of drug-likeness (QED) is 0.201. The standard InChI is InChI=1S/C6H9N3O5S/c1-2-14-5(11)3(9(12)13)4(10)8-6(7)15/h3H,2H2,1H3,(H3,7,8,10,15). The predicted molar refractivity (Wildman–Crippen MR) is 52.3 cm³/mol. The van der Waals surface area contributed by atoms with Crippen molar-refractivity contribution >= 4 is 29.2 Å². The van der Waals surface area contributed by atoms with Gasteiger partial charge in [-0.25, -0.2) is 4.79 Å². The number of rotatable bonds is 4. The van der Waals surface area contributed by atoms with Gasteiger partial charge in [0.25, 0.3) is 0 Å². The molecule has 0 fully saturated rings. The summed E-state index contributed by atoms with van der Waals surface area (Å²) < 4.78 is 4.34. The lowest BCUT2D eigenvalue weighted by Crippen LogP contribution is -2.49. The van der Waals surface area contributed by atoms with Gasteiger partial charge < -0.3 is 10.5 Å². The molecule has 8 nitrogen and oxygen atoms in total. The highest BCUT2D eigenvalue weighted by Gasteiger charge is 2.39. The van der Waals surface area contributed by atoms with Crippen molar-refractivity contribution in [1.82, 2.24) is 5.32 Å². The van der Waals surface area contributed by atoms with Gasteiger partial charge in [-0.1, -0.05) is 0 Å². The minimum atomic E-state index is -2.15. The average Bonchev–Trinajstić information content (AvgIpc) is 2.01. The fourth-order valence-corrected chi connectivity index (χ4v) is 0.800. The van der Waals surface area contributed by atoms with Crippen LogP contribution in [0.1, 0.15) is 6.92 Å². The number of carbonyl (C=O) groups is 2. The second-order valence-electron chi connectivity index (χ2n) is 2.29. The number of thiocarbonyl (C=S) groups is 1. The number of nitrogens with zero attached hydrogens (tertiary/aromatic N) is 1. The Balaban J connectivity index is 4.66. The van der Waals surface area contributed by atoms with E-state index in [1.165, 1.54) is 6.92 Å². The summed E-state index contributed by atoms with van der Waals surface area (Å²) in [6, 6.07) is -2.15. The van der Waals surface area contributed by atoms with Crippen LogP contribution in [-0.2, 0) is 14.3 Å². The highest BCUT2D eigenvalue weighted by Crippen LogP contribution is 1.95. The van der Waals surface area contributed by atoms with Crippen molar-refractivity contribution in [2.24, 2.45) is 5.73 Å². The summed E-state index contributed by atoms with van der Waals surface area (Å²) in [6.45, 7) is 1.39. The van der Waals surface area contributed by atoms with Crippen LogP contribution in [0.4, 0.5) is 0 Å². The molecule has 1 amide bonds. The first-order valence-electron chi connectivity index (χ1n) is 3.80. The van der Waals surface area contributed by atoms with Crippen molar-refractivity contribution in [3.63, 3.8) is 0 Å². The molecule has 1 atom stereocenters. The van der Waals surface area contributed by atoms with Gasteiger partial charge in [-0.05, 0) is 19.1 Å². The Labute approximate surface area is 89.9 Å². The van der Waals surface area contributed by atoms with Crippen molar-refractivity contribution in [2.45, 2.75) is 13.0 Å². The van der Waals surface area contributed by atoms with Gasteiger partial charge in [0.1, 0.15) is 0 Å².